The van der Waals surface area contributed by atoms with Crippen LogP contribution in [0.25, 0.3) is 0 Å². The summed E-state index contributed by atoms with van der Waals surface area (Å²) in [7, 11) is 0. The maximum Gasteiger partial charge on any atom is 0.243 e. The van der Waals surface area contributed by atoms with Crippen molar-refractivity contribution in [3.8, 4) is 0 Å². The van der Waals surface area contributed by atoms with E-state index in [1.165, 1.54) is 0 Å². The van der Waals surface area contributed by atoms with Crippen molar-refractivity contribution in [2.45, 2.75) is 39.3 Å². The van der Waals surface area contributed by atoms with Crippen LogP contribution in [0.1, 0.15) is 30.5 Å². The molecule has 8 heteroatoms. The van der Waals surface area contributed by atoms with Crippen molar-refractivity contribution >= 4 is 58.2 Å². The Morgan fingerprint density at radius 1 is 0.806 bits per heavy atom. The SMILES string of the molecule is CC(C)CNC(=O)C(Cc1ccccc1)N(Cc1ccc(Cl)c(Cl)c1)C(=O)Cc1c(Cl)cccc1Cl. The number of hydrogen-bond donors (Lipinski definition) is 1. The van der Waals surface area contributed by atoms with Gasteiger partial charge in [-0.25, -0.2) is 0 Å². The maximum absolute atomic E-state index is 13.8. The Hall–Kier alpha value is -2.24. The van der Waals surface area contributed by atoms with Gasteiger partial charge in [-0.05, 0) is 46.9 Å². The van der Waals surface area contributed by atoms with Gasteiger partial charge in [0.2, 0.25) is 11.8 Å². The summed E-state index contributed by atoms with van der Waals surface area (Å²) in [5.41, 5.74) is 2.20. The molecule has 0 spiro atoms. The van der Waals surface area contributed by atoms with Gasteiger partial charge in [0, 0.05) is 29.6 Å². The van der Waals surface area contributed by atoms with Crippen LogP contribution in [-0.2, 0) is 29.0 Å². The van der Waals surface area contributed by atoms with E-state index in [0.29, 0.717) is 38.6 Å². The van der Waals surface area contributed by atoms with E-state index in [9.17, 15) is 9.59 Å². The predicted molar refractivity (Wildman–Crippen MR) is 149 cm³/mol. The van der Waals surface area contributed by atoms with Gasteiger partial charge in [-0.3, -0.25) is 9.59 Å². The molecule has 4 nitrogen and oxygen atoms in total. The molecule has 0 fully saturated rings. The van der Waals surface area contributed by atoms with Gasteiger partial charge in [-0.15, -0.1) is 0 Å². The Balaban J connectivity index is 2.01. The highest BCUT2D eigenvalue weighted by Crippen LogP contribution is 2.28. The van der Waals surface area contributed by atoms with Crippen LogP contribution in [0.5, 0.6) is 0 Å². The zero-order chi connectivity index (χ0) is 26.2. The fourth-order valence-electron chi connectivity index (χ4n) is 3.77. The van der Waals surface area contributed by atoms with Gasteiger partial charge in [0.15, 0.2) is 0 Å². The zero-order valence-electron chi connectivity index (χ0n) is 20.1. The summed E-state index contributed by atoms with van der Waals surface area (Å²) >= 11 is 25.1. The van der Waals surface area contributed by atoms with Crippen molar-refractivity contribution in [1.82, 2.24) is 10.2 Å². The maximum atomic E-state index is 13.8. The standard InChI is InChI=1S/C28H28Cl4N2O2/c1-18(2)16-33-28(36)26(14-19-7-4-3-5-8-19)34(17-20-11-12-24(31)25(32)13-20)27(35)15-21-22(29)9-6-10-23(21)30/h3-13,18,26H,14-17H2,1-2H3,(H,33,36). The number of nitrogens with zero attached hydrogens (tertiary/aromatic N) is 1. The average molecular weight is 566 g/mol. The number of nitrogens with one attached hydrogen (secondary N) is 1. The number of halogens is 4. The molecule has 3 aromatic carbocycles. The summed E-state index contributed by atoms with van der Waals surface area (Å²) in [5, 5.41) is 4.58. The number of benzene rings is 3. The monoisotopic (exact) mass is 564 g/mol. The largest absolute Gasteiger partial charge is 0.354 e. The summed E-state index contributed by atoms with van der Waals surface area (Å²) in [6, 6.07) is 19.1. The highest BCUT2D eigenvalue weighted by Gasteiger charge is 2.31. The molecule has 3 rings (SSSR count). The second-order valence-corrected chi connectivity index (χ2v) is 10.6. The number of rotatable bonds is 10. The summed E-state index contributed by atoms with van der Waals surface area (Å²) in [6.45, 7) is 4.69. The van der Waals surface area contributed by atoms with E-state index in [-0.39, 0.29) is 30.7 Å². The van der Waals surface area contributed by atoms with Crippen molar-refractivity contribution in [1.29, 1.82) is 0 Å². The Kier molecular flexibility index (Phi) is 10.5. The lowest BCUT2D eigenvalue weighted by atomic mass is 10.0. The smallest absolute Gasteiger partial charge is 0.243 e. The molecule has 0 saturated heterocycles. The number of amides is 2. The van der Waals surface area contributed by atoms with Crippen LogP contribution < -0.4 is 5.32 Å². The lowest BCUT2D eigenvalue weighted by Crippen LogP contribution is -2.51. The van der Waals surface area contributed by atoms with E-state index in [4.69, 9.17) is 46.4 Å². The van der Waals surface area contributed by atoms with E-state index < -0.39 is 6.04 Å². The number of hydrogen-bond acceptors (Lipinski definition) is 2. The van der Waals surface area contributed by atoms with Crippen molar-refractivity contribution in [3.05, 3.63) is 104 Å². The minimum absolute atomic E-state index is 0.0530. The molecule has 190 valence electrons. The van der Waals surface area contributed by atoms with Crippen molar-refractivity contribution < 1.29 is 9.59 Å². The quantitative estimate of drug-likeness (QED) is 0.281. The fourth-order valence-corrected chi connectivity index (χ4v) is 4.62. The number of carbonyl (C=O) groups excluding carboxylic acids is 2. The van der Waals surface area contributed by atoms with Crippen molar-refractivity contribution in [2.24, 2.45) is 5.92 Å². The van der Waals surface area contributed by atoms with E-state index in [1.807, 2.05) is 44.2 Å². The fraction of sp³-hybridized carbons (Fsp3) is 0.286. The van der Waals surface area contributed by atoms with Gasteiger partial charge in [0.1, 0.15) is 6.04 Å². The molecule has 1 atom stereocenters. The molecule has 0 heterocycles. The second-order valence-electron chi connectivity index (χ2n) is 8.99. The minimum atomic E-state index is -0.769. The average Bonchev–Trinajstić information content (AvgIpc) is 2.84. The summed E-state index contributed by atoms with van der Waals surface area (Å²) in [6.07, 6.45) is 0.288. The van der Waals surface area contributed by atoms with Crippen LogP contribution in [-0.4, -0.2) is 29.3 Å². The van der Waals surface area contributed by atoms with Gasteiger partial charge in [-0.2, -0.15) is 0 Å². The lowest BCUT2D eigenvalue weighted by Gasteiger charge is -2.32. The van der Waals surface area contributed by atoms with Gasteiger partial charge >= 0.3 is 0 Å². The van der Waals surface area contributed by atoms with Crippen LogP contribution >= 0.6 is 46.4 Å². The molecule has 0 aliphatic rings. The van der Waals surface area contributed by atoms with Gasteiger partial charge in [0.05, 0.1) is 16.5 Å². The van der Waals surface area contributed by atoms with Crippen LogP contribution in [0.2, 0.25) is 20.1 Å². The van der Waals surface area contributed by atoms with Crippen molar-refractivity contribution in [2.75, 3.05) is 6.54 Å². The highest BCUT2D eigenvalue weighted by molar-refractivity contribution is 6.42. The molecule has 1 unspecified atom stereocenters. The first-order chi connectivity index (χ1) is 17.2. The topological polar surface area (TPSA) is 49.4 Å². The highest BCUT2D eigenvalue weighted by atomic mass is 35.5. The molecule has 0 bridgehead atoms. The van der Waals surface area contributed by atoms with E-state index in [1.54, 1.807) is 41.3 Å². The molecule has 1 N–H and O–H groups in total. The Morgan fingerprint density at radius 2 is 1.47 bits per heavy atom. The third kappa shape index (κ3) is 7.88. The van der Waals surface area contributed by atoms with Gasteiger partial charge < -0.3 is 10.2 Å². The molecule has 0 radical (unpaired) electrons. The van der Waals surface area contributed by atoms with E-state index >= 15 is 0 Å². The third-order valence-electron chi connectivity index (χ3n) is 5.68. The molecule has 0 aliphatic heterocycles. The molecule has 0 aliphatic carbocycles. The molecule has 2 amide bonds. The molecular weight excluding hydrogens is 538 g/mol. The van der Waals surface area contributed by atoms with Gasteiger partial charge in [0.25, 0.3) is 0 Å². The van der Waals surface area contributed by atoms with Crippen LogP contribution in [0, 0.1) is 5.92 Å². The van der Waals surface area contributed by atoms with Crippen LogP contribution in [0.4, 0.5) is 0 Å². The summed E-state index contributed by atoms with van der Waals surface area (Å²) < 4.78 is 0. The first kappa shape index (κ1) is 28.3. The first-order valence-corrected chi connectivity index (χ1v) is 13.1. The molecule has 0 aromatic heterocycles. The van der Waals surface area contributed by atoms with E-state index in [2.05, 4.69) is 5.32 Å². The van der Waals surface area contributed by atoms with E-state index in [0.717, 1.165) is 11.1 Å². The van der Waals surface area contributed by atoms with Crippen molar-refractivity contribution in [3.63, 3.8) is 0 Å². The van der Waals surface area contributed by atoms with Crippen LogP contribution in [0.3, 0.4) is 0 Å². The normalized spacial score (nSPS) is 11.9. The summed E-state index contributed by atoms with van der Waals surface area (Å²) in [5.74, 6) is -0.254. The third-order valence-corrected chi connectivity index (χ3v) is 7.13. The minimum Gasteiger partial charge on any atom is -0.354 e. The van der Waals surface area contributed by atoms with Crippen LogP contribution in [0.15, 0.2) is 66.7 Å². The Labute approximate surface area is 232 Å². The molecule has 36 heavy (non-hydrogen) atoms. The summed E-state index contributed by atoms with van der Waals surface area (Å²) in [4.78, 5) is 28.9. The zero-order valence-corrected chi connectivity index (χ0v) is 23.1. The molecule has 0 saturated carbocycles. The Bertz CT molecular complexity index is 1180. The second kappa shape index (κ2) is 13.3. The molecular formula is C28H28Cl4N2O2. The predicted octanol–water partition coefficient (Wildman–Crippen LogP) is 7.26. The van der Waals surface area contributed by atoms with Gasteiger partial charge in [-0.1, -0.05) is 103 Å². The Morgan fingerprint density at radius 3 is 2.08 bits per heavy atom. The molecule has 3 aromatic rings. The lowest BCUT2D eigenvalue weighted by molar-refractivity contribution is -0.140. The first-order valence-electron chi connectivity index (χ1n) is 11.6. The number of carbonyl (C=O) groups is 2.